The molecule has 2 aromatic rings. The molecule has 0 fully saturated rings. The van der Waals surface area contributed by atoms with Gasteiger partial charge in [-0.25, -0.2) is 0 Å². The van der Waals surface area contributed by atoms with Gasteiger partial charge in [-0.1, -0.05) is 35.3 Å². The smallest absolute Gasteiger partial charge is 0.265 e. The lowest BCUT2D eigenvalue weighted by Gasteiger charge is -2.17. The Morgan fingerprint density at radius 2 is 1.91 bits per heavy atom. The Balaban J connectivity index is 2.09. The van der Waals surface area contributed by atoms with Crippen LogP contribution >= 0.6 is 23.2 Å². The fourth-order valence-corrected chi connectivity index (χ4v) is 2.26. The summed E-state index contributed by atoms with van der Waals surface area (Å²) < 4.78 is 5.74. The van der Waals surface area contributed by atoms with Crippen LogP contribution in [0.25, 0.3) is 0 Å². The van der Waals surface area contributed by atoms with E-state index in [4.69, 9.17) is 27.9 Å². The van der Waals surface area contributed by atoms with Gasteiger partial charge in [0.15, 0.2) is 6.10 Å². The molecule has 2 aromatic carbocycles. The van der Waals surface area contributed by atoms with E-state index in [1.54, 1.807) is 25.1 Å². The number of nitrogens with one attached hydrogen (secondary N) is 1. The molecule has 1 atom stereocenters. The molecule has 0 radical (unpaired) electrons. The standard InChI is InChI=1S/C17H17Cl2NO2/c1-10-5-4-6-16(11(10)2)22-12(3)17(21)20-15-9-13(18)7-8-14(15)19/h4-9,12H,1-3H3,(H,20,21). The maximum Gasteiger partial charge on any atom is 0.265 e. The number of carbonyl (C=O) groups is 1. The number of halogens is 2. The average Bonchev–Trinajstić information content (AvgIpc) is 2.47. The molecule has 116 valence electrons. The minimum absolute atomic E-state index is 0.287. The molecule has 0 saturated carbocycles. The number of benzene rings is 2. The molecule has 1 N–H and O–H groups in total. The lowest BCUT2D eigenvalue weighted by Crippen LogP contribution is -2.30. The summed E-state index contributed by atoms with van der Waals surface area (Å²) in [5.74, 6) is 0.407. The number of hydrogen-bond acceptors (Lipinski definition) is 2. The van der Waals surface area contributed by atoms with Crippen LogP contribution in [-0.4, -0.2) is 12.0 Å². The van der Waals surface area contributed by atoms with E-state index >= 15 is 0 Å². The molecule has 0 spiro atoms. The molecule has 0 aromatic heterocycles. The summed E-state index contributed by atoms with van der Waals surface area (Å²) in [4.78, 5) is 12.2. The average molecular weight is 338 g/mol. The molecule has 0 aliphatic carbocycles. The van der Waals surface area contributed by atoms with E-state index in [1.165, 1.54) is 0 Å². The van der Waals surface area contributed by atoms with Gasteiger partial charge < -0.3 is 10.1 Å². The van der Waals surface area contributed by atoms with Crippen molar-refractivity contribution in [2.75, 3.05) is 5.32 Å². The Bertz CT molecular complexity index is 701. The SMILES string of the molecule is Cc1cccc(OC(C)C(=O)Nc2cc(Cl)ccc2Cl)c1C. The number of carbonyl (C=O) groups excluding carboxylic acids is 1. The summed E-state index contributed by atoms with van der Waals surface area (Å²) in [6.45, 7) is 5.65. The van der Waals surface area contributed by atoms with Crippen molar-refractivity contribution in [1.29, 1.82) is 0 Å². The summed E-state index contributed by atoms with van der Waals surface area (Å²) in [5.41, 5.74) is 2.60. The first-order valence-electron chi connectivity index (χ1n) is 6.87. The second kappa shape index (κ2) is 7.03. The van der Waals surface area contributed by atoms with Crippen LogP contribution in [0, 0.1) is 13.8 Å². The first-order valence-corrected chi connectivity index (χ1v) is 7.63. The van der Waals surface area contributed by atoms with Crippen molar-refractivity contribution in [3.8, 4) is 5.75 Å². The molecule has 1 unspecified atom stereocenters. The number of aryl methyl sites for hydroxylation is 1. The Hall–Kier alpha value is -1.71. The fourth-order valence-electron chi connectivity index (χ4n) is 1.92. The van der Waals surface area contributed by atoms with E-state index in [9.17, 15) is 4.79 Å². The lowest BCUT2D eigenvalue weighted by molar-refractivity contribution is -0.122. The van der Waals surface area contributed by atoms with Crippen molar-refractivity contribution in [3.63, 3.8) is 0 Å². The van der Waals surface area contributed by atoms with Gasteiger partial charge in [0.2, 0.25) is 0 Å². The van der Waals surface area contributed by atoms with Gasteiger partial charge in [-0.2, -0.15) is 0 Å². The third kappa shape index (κ3) is 3.93. The largest absolute Gasteiger partial charge is 0.481 e. The topological polar surface area (TPSA) is 38.3 Å². The highest BCUT2D eigenvalue weighted by atomic mass is 35.5. The Labute approximate surface area is 140 Å². The van der Waals surface area contributed by atoms with Crippen LogP contribution < -0.4 is 10.1 Å². The maximum atomic E-state index is 12.2. The summed E-state index contributed by atoms with van der Waals surface area (Å²) >= 11 is 11.9. The normalized spacial score (nSPS) is 11.9. The van der Waals surface area contributed by atoms with Crippen molar-refractivity contribution in [1.82, 2.24) is 0 Å². The fraction of sp³-hybridized carbons (Fsp3) is 0.235. The summed E-state index contributed by atoms with van der Waals surface area (Å²) in [6.07, 6.45) is -0.657. The molecule has 1 amide bonds. The van der Waals surface area contributed by atoms with E-state index in [2.05, 4.69) is 5.32 Å². The van der Waals surface area contributed by atoms with E-state index < -0.39 is 6.10 Å². The second-order valence-corrected chi connectivity index (χ2v) is 5.92. The second-order valence-electron chi connectivity index (χ2n) is 5.07. The molecular formula is C17H17Cl2NO2. The minimum atomic E-state index is -0.657. The van der Waals surface area contributed by atoms with Crippen molar-refractivity contribution in [2.45, 2.75) is 26.9 Å². The van der Waals surface area contributed by atoms with E-state index in [0.717, 1.165) is 11.1 Å². The number of anilines is 1. The maximum absolute atomic E-state index is 12.2. The van der Waals surface area contributed by atoms with Crippen LogP contribution in [0.5, 0.6) is 5.75 Å². The molecule has 2 rings (SSSR count). The van der Waals surface area contributed by atoms with Crippen molar-refractivity contribution >= 4 is 34.8 Å². The Morgan fingerprint density at radius 1 is 1.18 bits per heavy atom. The third-order valence-corrected chi connectivity index (χ3v) is 3.98. The zero-order valence-electron chi connectivity index (χ0n) is 12.6. The van der Waals surface area contributed by atoms with Crippen LogP contribution in [0.4, 0.5) is 5.69 Å². The molecule has 22 heavy (non-hydrogen) atoms. The van der Waals surface area contributed by atoms with Gasteiger partial charge in [0.05, 0.1) is 10.7 Å². The minimum Gasteiger partial charge on any atom is -0.481 e. The first kappa shape index (κ1) is 16.7. The third-order valence-electron chi connectivity index (χ3n) is 3.41. The van der Waals surface area contributed by atoms with Crippen molar-refractivity contribution in [2.24, 2.45) is 0 Å². The molecule has 3 nitrogen and oxygen atoms in total. The molecular weight excluding hydrogens is 321 g/mol. The van der Waals surface area contributed by atoms with Crippen LogP contribution in [0.1, 0.15) is 18.1 Å². The van der Waals surface area contributed by atoms with Crippen molar-refractivity contribution < 1.29 is 9.53 Å². The number of rotatable bonds is 4. The number of amides is 1. The molecule has 0 bridgehead atoms. The monoisotopic (exact) mass is 337 g/mol. The van der Waals surface area contributed by atoms with Crippen molar-refractivity contribution in [3.05, 3.63) is 57.6 Å². The van der Waals surface area contributed by atoms with E-state index in [0.29, 0.717) is 21.5 Å². The summed E-state index contributed by atoms with van der Waals surface area (Å²) in [6, 6.07) is 10.6. The first-order chi connectivity index (χ1) is 10.4. The zero-order chi connectivity index (χ0) is 16.3. The van der Waals surface area contributed by atoms with Gasteiger partial charge >= 0.3 is 0 Å². The van der Waals surface area contributed by atoms with Gasteiger partial charge in [-0.05, 0) is 56.2 Å². The quantitative estimate of drug-likeness (QED) is 0.850. The lowest BCUT2D eigenvalue weighted by atomic mass is 10.1. The molecule has 5 heteroatoms. The highest BCUT2D eigenvalue weighted by Crippen LogP contribution is 2.26. The molecule has 0 aliphatic rings. The molecule has 0 saturated heterocycles. The van der Waals surface area contributed by atoms with Gasteiger partial charge in [0.25, 0.3) is 5.91 Å². The predicted molar refractivity (Wildman–Crippen MR) is 91.1 cm³/mol. The van der Waals surface area contributed by atoms with Gasteiger partial charge in [0, 0.05) is 5.02 Å². The van der Waals surface area contributed by atoms with Crippen LogP contribution in [0.15, 0.2) is 36.4 Å². The highest BCUT2D eigenvalue weighted by molar-refractivity contribution is 6.35. The van der Waals surface area contributed by atoms with Crippen LogP contribution in [-0.2, 0) is 4.79 Å². The van der Waals surface area contributed by atoms with E-state index in [-0.39, 0.29) is 5.91 Å². The Morgan fingerprint density at radius 3 is 2.64 bits per heavy atom. The predicted octanol–water partition coefficient (Wildman–Crippen LogP) is 5.02. The molecule has 0 heterocycles. The van der Waals surface area contributed by atoms with E-state index in [1.807, 2.05) is 32.0 Å². The zero-order valence-corrected chi connectivity index (χ0v) is 14.1. The number of ether oxygens (including phenoxy) is 1. The van der Waals surface area contributed by atoms with Crippen LogP contribution in [0.3, 0.4) is 0 Å². The van der Waals surface area contributed by atoms with Crippen LogP contribution in [0.2, 0.25) is 10.0 Å². The summed E-state index contributed by atoms with van der Waals surface area (Å²) in [7, 11) is 0. The molecule has 0 aliphatic heterocycles. The van der Waals surface area contributed by atoms with Gasteiger partial charge in [-0.15, -0.1) is 0 Å². The van der Waals surface area contributed by atoms with Gasteiger partial charge in [0.1, 0.15) is 5.75 Å². The number of hydrogen-bond donors (Lipinski definition) is 1. The van der Waals surface area contributed by atoms with Gasteiger partial charge in [-0.3, -0.25) is 4.79 Å². The Kier molecular flexibility index (Phi) is 5.33. The summed E-state index contributed by atoms with van der Waals surface area (Å²) in [5, 5.41) is 3.65. The highest BCUT2D eigenvalue weighted by Gasteiger charge is 2.17.